The van der Waals surface area contributed by atoms with Gasteiger partial charge < -0.3 is 5.32 Å². The highest BCUT2D eigenvalue weighted by molar-refractivity contribution is 5.94. The molecule has 3 rings (SSSR count). The zero-order valence-electron chi connectivity index (χ0n) is 12.7. The minimum Gasteiger partial charge on any atom is -0.346 e. The largest absolute Gasteiger partial charge is 0.346 e. The van der Waals surface area contributed by atoms with Crippen LogP contribution in [0.3, 0.4) is 0 Å². The minimum atomic E-state index is -0.488. The molecule has 1 aromatic carbocycles. The summed E-state index contributed by atoms with van der Waals surface area (Å²) in [7, 11) is 0. The van der Waals surface area contributed by atoms with Gasteiger partial charge in [-0.25, -0.2) is 9.97 Å². The van der Waals surface area contributed by atoms with Crippen LogP contribution in [0.2, 0.25) is 0 Å². The van der Waals surface area contributed by atoms with E-state index in [1.165, 1.54) is 12.4 Å². The van der Waals surface area contributed by atoms with E-state index in [0.717, 1.165) is 24.2 Å². The number of carbonyl (C=O) groups excluding carboxylic acids is 1. The van der Waals surface area contributed by atoms with Crippen molar-refractivity contribution in [2.75, 3.05) is 0 Å². The molecule has 1 N–H and O–H groups in total. The number of benzene rings is 1. The molecule has 0 radical (unpaired) electrons. The third kappa shape index (κ3) is 3.50. The molecule has 1 aliphatic rings. The number of nitrogens with one attached hydrogen (secondary N) is 1. The number of hydrogen-bond acceptors (Lipinski definition) is 5. The van der Waals surface area contributed by atoms with E-state index >= 15 is 0 Å². The number of carbonyl (C=O) groups is 1. The van der Waals surface area contributed by atoms with E-state index in [4.69, 9.17) is 0 Å². The Morgan fingerprint density at radius 2 is 2.13 bits per heavy atom. The van der Waals surface area contributed by atoms with E-state index in [1.807, 2.05) is 6.07 Å². The Labute approximate surface area is 132 Å². The van der Waals surface area contributed by atoms with Gasteiger partial charge in [-0.15, -0.1) is 0 Å². The van der Waals surface area contributed by atoms with Gasteiger partial charge in [-0.1, -0.05) is 6.07 Å². The fraction of sp³-hybridized carbons (Fsp3) is 0.312. The number of nitro groups is 1. The van der Waals surface area contributed by atoms with E-state index in [1.54, 1.807) is 19.1 Å². The standard InChI is InChI=1S/C16H16N4O3/c1-10-2-3-12(6-15(10)20(22)23)16(21)17-8-13-7-14(11-4-5-11)19-9-18-13/h2-3,6-7,9,11H,4-5,8H2,1H3,(H,17,21). The summed E-state index contributed by atoms with van der Waals surface area (Å²) in [5, 5.41) is 13.7. The van der Waals surface area contributed by atoms with E-state index in [9.17, 15) is 14.9 Å². The van der Waals surface area contributed by atoms with Crippen LogP contribution in [0.5, 0.6) is 0 Å². The maximum atomic E-state index is 12.2. The molecule has 0 unspecified atom stereocenters. The van der Waals surface area contributed by atoms with Crippen molar-refractivity contribution in [2.45, 2.75) is 32.2 Å². The molecule has 7 heteroatoms. The molecule has 23 heavy (non-hydrogen) atoms. The van der Waals surface area contributed by atoms with Crippen LogP contribution >= 0.6 is 0 Å². The molecule has 1 aromatic heterocycles. The second kappa shape index (κ2) is 6.12. The average molecular weight is 312 g/mol. The average Bonchev–Trinajstić information content (AvgIpc) is 3.38. The number of amides is 1. The number of aromatic nitrogens is 2. The summed E-state index contributed by atoms with van der Waals surface area (Å²) in [4.78, 5) is 31.0. The van der Waals surface area contributed by atoms with Crippen molar-refractivity contribution in [2.24, 2.45) is 0 Å². The number of hydrogen-bond donors (Lipinski definition) is 1. The van der Waals surface area contributed by atoms with Gasteiger partial charge in [-0.3, -0.25) is 14.9 Å². The third-order valence-electron chi connectivity index (χ3n) is 3.84. The van der Waals surface area contributed by atoms with Crippen LogP contribution in [0.1, 0.15) is 46.1 Å². The quantitative estimate of drug-likeness (QED) is 0.675. The summed E-state index contributed by atoms with van der Waals surface area (Å²) >= 11 is 0. The lowest BCUT2D eigenvalue weighted by Gasteiger charge is -2.06. The smallest absolute Gasteiger partial charge is 0.273 e. The van der Waals surface area contributed by atoms with Crippen molar-refractivity contribution in [1.29, 1.82) is 0 Å². The van der Waals surface area contributed by atoms with Gasteiger partial charge >= 0.3 is 0 Å². The van der Waals surface area contributed by atoms with Gasteiger partial charge in [0, 0.05) is 28.8 Å². The molecule has 1 aliphatic carbocycles. The second-order valence-electron chi connectivity index (χ2n) is 5.65. The van der Waals surface area contributed by atoms with Crippen molar-refractivity contribution >= 4 is 11.6 Å². The van der Waals surface area contributed by atoms with Crippen molar-refractivity contribution < 1.29 is 9.72 Å². The molecule has 0 spiro atoms. The van der Waals surface area contributed by atoms with Crippen LogP contribution in [0.15, 0.2) is 30.6 Å². The maximum Gasteiger partial charge on any atom is 0.273 e. The molecule has 7 nitrogen and oxygen atoms in total. The van der Waals surface area contributed by atoms with Crippen molar-refractivity contribution in [3.63, 3.8) is 0 Å². The zero-order valence-corrected chi connectivity index (χ0v) is 12.7. The Morgan fingerprint density at radius 1 is 1.35 bits per heavy atom. The van der Waals surface area contributed by atoms with Gasteiger partial charge in [-0.05, 0) is 31.9 Å². The molecular weight excluding hydrogens is 296 g/mol. The SMILES string of the molecule is Cc1ccc(C(=O)NCc2cc(C3CC3)ncn2)cc1[N+](=O)[O-]. The van der Waals surface area contributed by atoms with Gasteiger partial charge in [-0.2, -0.15) is 0 Å². The minimum absolute atomic E-state index is 0.0595. The van der Waals surface area contributed by atoms with Gasteiger partial charge in [0.15, 0.2) is 0 Å². The summed E-state index contributed by atoms with van der Waals surface area (Å²) in [6.07, 6.45) is 3.80. The van der Waals surface area contributed by atoms with Crippen LogP contribution in [0.25, 0.3) is 0 Å². The first kappa shape index (κ1) is 15.1. The number of nitro benzene ring substituents is 1. The normalized spacial score (nSPS) is 13.6. The van der Waals surface area contributed by atoms with Gasteiger partial charge in [0.05, 0.1) is 17.2 Å². The Kier molecular flexibility index (Phi) is 4.01. The fourth-order valence-corrected chi connectivity index (χ4v) is 2.33. The van der Waals surface area contributed by atoms with Crippen molar-refractivity contribution in [3.05, 3.63) is 63.2 Å². The maximum absolute atomic E-state index is 12.2. The lowest BCUT2D eigenvalue weighted by Crippen LogP contribution is -2.23. The highest BCUT2D eigenvalue weighted by Gasteiger charge is 2.25. The van der Waals surface area contributed by atoms with Crippen LogP contribution in [-0.4, -0.2) is 20.8 Å². The summed E-state index contributed by atoms with van der Waals surface area (Å²) in [5.41, 5.74) is 2.47. The van der Waals surface area contributed by atoms with E-state index in [2.05, 4.69) is 15.3 Å². The molecule has 1 amide bonds. The first-order valence-corrected chi connectivity index (χ1v) is 7.38. The fourth-order valence-electron chi connectivity index (χ4n) is 2.33. The van der Waals surface area contributed by atoms with E-state index < -0.39 is 4.92 Å². The zero-order chi connectivity index (χ0) is 16.4. The lowest BCUT2D eigenvalue weighted by atomic mass is 10.1. The molecule has 0 atom stereocenters. The summed E-state index contributed by atoms with van der Waals surface area (Å²) in [6, 6.07) is 6.34. The molecule has 0 aliphatic heterocycles. The predicted octanol–water partition coefficient (Wildman–Crippen LogP) is 2.50. The highest BCUT2D eigenvalue weighted by atomic mass is 16.6. The Bertz CT molecular complexity index is 772. The Balaban J connectivity index is 1.68. The topological polar surface area (TPSA) is 98.0 Å². The molecule has 118 valence electrons. The second-order valence-corrected chi connectivity index (χ2v) is 5.65. The third-order valence-corrected chi connectivity index (χ3v) is 3.84. The number of aryl methyl sites for hydroxylation is 1. The monoisotopic (exact) mass is 312 g/mol. The molecule has 1 fully saturated rings. The summed E-state index contributed by atoms with van der Waals surface area (Å²) in [6.45, 7) is 1.91. The molecule has 1 heterocycles. The Morgan fingerprint density at radius 3 is 2.83 bits per heavy atom. The number of nitrogens with zero attached hydrogens (tertiary/aromatic N) is 3. The first-order valence-electron chi connectivity index (χ1n) is 7.38. The van der Waals surface area contributed by atoms with Crippen LogP contribution in [-0.2, 0) is 6.54 Å². The molecule has 1 saturated carbocycles. The molecule has 0 bridgehead atoms. The Hall–Kier alpha value is -2.83. The van der Waals surface area contributed by atoms with Crippen molar-refractivity contribution in [3.8, 4) is 0 Å². The summed E-state index contributed by atoms with van der Waals surface area (Å²) in [5.74, 6) is 0.159. The highest BCUT2D eigenvalue weighted by Crippen LogP contribution is 2.38. The first-order chi connectivity index (χ1) is 11.0. The number of rotatable bonds is 5. The van der Waals surface area contributed by atoms with Gasteiger partial charge in [0.1, 0.15) is 6.33 Å². The lowest BCUT2D eigenvalue weighted by molar-refractivity contribution is -0.385. The molecule has 0 saturated heterocycles. The van der Waals surface area contributed by atoms with E-state index in [-0.39, 0.29) is 23.7 Å². The van der Waals surface area contributed by atoms with Crippen molar-refractivity contribution in [1.82, 2.24) is 15.3 Å². The molecular formula is C16H16N4O3. The molecule has 2 aromatic rings. The van der Waals surface area contributed by atoms with Crippen LogP contribution in [0, 0.1) is 17.0 Å². The van der Waals surface area contributed by atoms with E-state index in [0.29, 0.717) is 11.5 Å². The predicted molar refractivity (Wildman–Crippen MR) is 83.0 cm³/mol. The van der Waals surface area contributed by atoms with Gasteiger partial charge in [0.25, 0.3) is 11.6 Å². The van der Waals surface area contributed by atoms with Gasteiger partial charge in [0.2, 0.25) is 0 Å². The van der Waals surface area contributed by atoms with Crippen LogP contribution in [0.4, 0.5) is 5.69 Å². The summed E-state index contributed by atoms with van der Waals surface area (Å²) < 4.78 is 0. The van der Waals surface area contributed by atoms with Crippen LogP contribution < -0.4 is 5.32 Å².